The predicted molar refractivity (Wildman–Crippen MR) is 90.2 cm³/mol. The maximum absolute atomic E-state index is 12.9. The van der Waals surface area contributed by atoms with Crippen molar-refractivity contribution in [2.75, 3.05) is 25.5 Å². The number of hydrogen-bond acceptors (Lipinski definition) is 2. The lowest BCUT2D eigenvalue weighted by molar-refractivity contribution is 0.549. The molecular formula is C17H20BrFN2. The summed E-state index contributed by atoms with van der Waals surface area (Å²) in [5.74, 6) is -0.200. The first-order valence-electron chi connectivity index (χ1n) is 6.99. The molecule has 0 saturated heterocycles. The summed E-state index contributed by atoms with van der Waals surface area (Å²) in [7, 11) is 4.00. The molecule has 0 bridgehead atoms. The zero-order valence-corrected chi connectivity index (χ0v) is 13.9. The SMILES string of the molecule is CNC(CCN(C)c1ccc(F)cc1)c1cccc(Br)c1. The smallest absolute Gasteiger partial charge is 0.123 e. The van der Waals surface area contributed by atoms with Gasteiger partial charge in [-0.1, -0.05) is 28.1 Å². The van der Waals surface area contributed by atoms with E-state index in [2.05, 4.69) is 38.3 Å². The van der Waals surface area contributed by atoms with Gasteiger partial charge >= 0.3 is 0 Å². The van der Waals surface area contributed by atoms with Gasteiger partial charge in [0.05, 0.1) is 0 Å². The van der Waals surface area contributed by atoms with Gasteiger partial charge in [0, 0.05) is 29.8 Å². The fraction of sp³-hybridized carbons (Fsp3) is 0.294. The highest BCUT2D eigenvalue weighted by atomic mass is 79.9. The molecule has 1 atom stereocenters. The fourth-order valence-corrected chi connectivity index (χ4v) is 2.77. The maximum atomic E-state index is 12.9. The van der Waals surface area contributed by atoms with Gasteiger partial charge in [0.15, 0.2) is 0 Å². The molecule has 2 nitrogen and oxygen atoms in total. The van der Waals surface area contributed by atoms with Crippen LogP contribution in [0.15, 0.2) is 53.0 Å². The molecule has 0 spiro atoms. The van der Waals surface area contributed by atoms with E-state index in [1.807, 2.05) is 38.4 Å². The van der Waals surface area contributed by atoms with Gasteiger partial charge in [-0.25, -0.2) is 4.39 Å². The van der Waals surface area contributed by atoms with E-state index in [1.54, 1.807) is 0 Å². The van der Waals surface area contributed by atoms with Crippen molar-refractivity contribution >= 4 is 21.6 Å². The monoisotopic (exact) mass is 350 g/mol. The van der Waals surface area contributed by atoms with Gasteiger partial charge < -0.3 is 10.2 Å². The molecule has 0 fully saturated rings. The van der Waals surface area contributed by atoms with Gasteiger partial charge in [0.2, 0.25) is 0 Å². The third kappa shape index (κ3) is 4.55. The van der Waals surface area contributed by atoms with Crippen molar-refractivity contribution in [2.24, 2.45) is 0 Å². The Kier molecular flexibility index (Phi) is 5.76. The molecule has 2 aromatic rings. The van der Waals surface area contributed by atoms with E-state index in [1.165, 1.54) is 17.7 Å². The van der Waals surface area contributed by atoms with E-state index in [9.17, 15) is 4.39 Å². The summed E-state index contributed by atoms with van der Waals surface area (Å²) in [6, 6.07) is 15.2. The van der Waals surface area contributed by atoms with Gasteiger partial charge in [0.1, 0.15) is 5.82 Å². The molecule has 2 aromatic carbocycles. The van der Waals surface area contributed by atoms with Gasteiger partial charge in [-0.05, 0) is 55.4 Å². The molecule has 0 aliphatic rings. The largest absolute Gasteiger partial charge is 0.375 e. The number of nitrogens with zero attached hydrogens (tertiary/aromatic N) is 1. The van der Waals surface area contributed by atoms with E-state index in [-0.39, 0.29) is 5.82 Å². The predicted octanol–water partition coefficient (Wildman–Crippen LogP) is 4.38. The molecule has 0 saturated carbocycles. The van der Waals surface area contributed by atoms with E-state index in [0.717, 1.165) is 23.1 Å². The van der Waals surface area contributed by atoms with Crippen LogP contribution < -0.4 is 10.2 Å². The summed E-state index contributed by atoms with van der Waals surface area (Å²) in [6.07, 6.45) is 0.973. The lowest BCUT2D eigenvalue weighted by Crippen LogP contribution is -2.25. The van der Waals surface area contributed by atoms with Crippen LogP contribution in [0, 0.1) is 5.82 Å². The molecule has 2 rings (SSSR count). The highest BCUT2D eigenvalue weighted by Gasteiger charge is 2.11. The van der Waals surface area contributed by atoms with Crippen LogP contribution in [0.5, 0.6) is 0 Å². The number of rotatable bonds is 6. The van der Waals surface area contributed by atoms with Crippen LogP contribution in [0.25, 0.3) is 0 Å². The Bertz CT molecular complexity index is 571. The van der Waals surface area contributed by atoms with E-state index in [4.69, 9.17) is 0 Å². The minimum Gasteiger partial charge on any atom is -0.375 e. The molecular weight excluding hydrogens is 331 g/mol. The molecule has 112 valence electrons. The Morgan fingerprint density at radius 3 is 2.52 bits per heavy atom. The maximum Gasteiger partial charge on any atom is 0.123 e. The normalized spacial score (nSPS) is 12.2. The van der Waals surface area contributed by atoms with E-state index < -0.39 is 0 Å². The molecule has 1 N–H and O–H groups in total. The average Bonchev–Trinajstić information content (AvgIpc) is 2.48. The summed E-state index contributed by atoms with van der Waals surface area (Å²) in [4.78, 5) is 2.14. The summed E-state index contributed by atoms with van der Waals surface area (Å²) >= 11 is 3.51. The molecule has 0 heterocycles. The highest BCUT2D eigenvalue weighted by Crippen LogP contribution is 2.22. The van der Waals surface area contributed by atoms with Gasteiger partial charge in [-0.2, -0.15) is 0 Å². The van der Waals surface area contributed by atoms with Gasteiger partial charge in [-0.15, -0.1) is 0 Å². The van der Waals surface area contributed by atoms with Crippen LogP contribution in [0.2, 0.25) is 0 Å². The second kappa shape index (κ2) is 7.57. The summed E-state index contributed by atoms with van der Waals surface area (Å²) in [5.41, 5.74) is 2.29. The molecule has 4 heteroatoms. The molecule has 0 aromatic heterocycles. The van der Waals surface area contributed by atoms with Crippen molar-refractivity contribution < 1.29 is 4.39 Å². The van der Waals surface area contributed by atoms with Crippen molar-refractivity contribution in [1.29, 1.82) is 0 Å². The van der Waals surface area contributed by atoms with Crippen molar-refractivity contribution in [3.8, 4) is 0 Å². The average molecular weight is 351 g/mol. The number of nitrogens with one attached hydrogen (secondary N) is 1. The Balaban J connectivity index is 1.98. The fourth-order valence-electron chi connectivity index (χ4n) is 2.35. The first-order valence-corrected chi connectivity index (χ1v) is 7.79. The van der Waals surface area contributed by atoms with Crippen molar-refractivity contribution in [3.63, 3.8) is 0 Å². The summed E-state index contributed by atoms with van der Waals surface area (Å²) < 4.78 is 14.0. The minimum atomic E-state index is -0.200. The first-order chi connectivity index (χ1) is 10.1. The zero-order chi connectivity index (χ0) is 15.2. The van der Waals surface area contributed by atoms with Crippen LogP contribution in [0.3, 0.4) is 0 Å². The van der Waals surface area contributed by atoms with Gasteiger partial charge in [0.25, 0.3) is 0 Å². The van der Waals surface area contributed by atoms with Gasteiger partial charge in [-0.3, -0.25) is 0 Å². The van der Waals surface area contributed by atoms with E-state index >= 15 is 0 Å². The highest BCUT2D eigenvalue weighted by molar-refractivity contribution is 9.10. The number of halogens is 2. The zero-order valence-electron chi connectivity index (χ0n) is 12.3. The molecule has 0 aliphatic heterocycles. The topological polar surface area (TPSA) is 15.3 Å². The van der Waals surface area contributed by atoms with Crippen LogP contribution in [0.4, 0.5) is 10.1 Å². The van der Waals surface area contributed by atoms with Crippen LogP contribution in [-0.2, 0) is 0 Å². The Morgan fingerprint density at radius 2 is 1.90 bits per heavy atom. The van der Waals surface area contributed by atoms with Crippen LogP contribution >= 0.6 is 15.9 Å². The second-order valence-electron chi connectivity index (χ2n) is 5.08. The first kappa shape index (κ1) is 16.0. The third-order valence-corrected chi connectivity index (χ3v) is 4.11. The van der Waals surface area contributed by atoms with Crippen molar-refractivity contribution in [3.05, 3.63) is 64.4 Å². The summed E-state index contributed by atoms with van der Waals surface area (Å²) in [6.45, 7) is 0.893. The third-order valence-electron chi connectivity index (χ3n) is 3.62. The standard InChI is InChI=1S/C17H20BrFN2/c1-20-17(13-4-3-5-14(18)12-13)10-11-21(2)16-8-6-15(19)7-9-16/h3-9,12,17,20H,10-11H2,1-2H3. The molecule has 0 aliphatic carbocycles. The molecule has 1 unspecified atom stereocenters. The Hall–Kier alpha value is -1.39. The number of benzene rings is 2. The molecule has 0 amide bonds. The lowest BCUT2D eigenvalue weighted by atomic mass is 10.0. The summed E-state index contributed by atoms with van der Waals surface area (Å²) in [5, 5.41) is 3.35. The van der Waals surface area contributed by atoms with Crippen LogP contribution in [-0.4, -0.2) is 20.6 Å². The van der Waals surface area contributed by atoms with Crippen molar-refractivity contribution in [1.82, 2.24) is 5.32 Å². The molecule has 21 heavy (non-hydrogen) atoms. The van der Waals surface area contributed by atoms with Crippen LogP contribution in [0.1, 0.15) is 18.0 Å². The minimum absolute atomic E-state index is 0.200. The van der Waals surface area contributed by atoms with Crippen molar-refractivity contribution in [2.45, 2.75) is 12.5 Å². The molecule has 0 radical (unpaired) electrons. The Labute approximate surface area is 134 Å². The quantitative estimate of drug-likeness (QED) is 0.831. The Morgan fingerprint density at radius 1 is 1.19 bits per heavy atom. The van der Waals surface area contributed by atoms with E-state index in [0.29, 0.717) is 6.04 Å². The number of anilines is 1. The lowest BCUT2D eigenvalue weighted by Gasteiger charge is -2.23. The second-order valence-corrected chi connectivity index (χ2v) is 6.00. The number of hydrogen-bond donors (Lipinski definition) is 1.